The number of methoxy groups -OCH3 is 1. The van der Waals surface area contributed by atoms with Crippen LogP contribution >= 0.6 is 11.6 Å². The minimum atomic E-state index is -0.991. The fourth-order valence-corrected chi connectivity index (χ4v) is 4.57. The van der Waals surface area contributed by atoms with E-state index >= 15 is 0 Å². The second kappa shape index (κ2) is 11.7. The fourth-order valence-electron chi connectivity index (χ4n) is 4.45. The van der Waals surface area contributed by atoms with Crippen LogP contribution in [0.2, 0.25) is 5.02 Å². The second-order valence-corrected chi connectivity index (χ2v) is 9.71. The molecule has 0 unspecified atom stereocenters. The Morgan fingerprint density at radius 2 is 1.70 bits per heavy atom. The molecule has 0 saturated carbocycles. The van der Waals surface area contributed by atoms with E-state index in [1.54, 1.807) is 31.2 Å². The van der Waals surface area contributed by atoms with Gasteiger partial charge in [0.25, 0.3) is 0 Å². The number of aryl methyl sites for hydroxylation is 1. The van der Waals surface area contributed by atoms with Crippen LogP contribution in [0.15, 0.2) is 94.2 Å². The van der Waals surface area contributed by atoms with Crippen molar-refractivity contribution in [3.05, 3.63) is 113 Å². The van der Waals surface area contributed by atoms with Gasteiger partial charge in [0.2, 0.25) is 5.76 Å². The van der Waals surface area contributed by atoms with E-state index in [-0.39, 0.29) is 24.5 Å². The van der Waals surface area contributed by atoms with E-state index in [1.807, 2.05) is 36.4 Å². The number of phenols is 1. The van der Waals surface area contributed by atoms with Gasteiger partial charge >= 0.3 is 11.9 Å². The van der Waals surface area contributed by atoms with Crippen LogP contribution < -0.4 is 0 Å². The molecule has 40 heavy (non-hydrogen) atoms. The van der Waals surface area contributed by atoms with E-state index in [2.05, 4.69) is 0 Å². The normalized spacial score (nSPS) is 12.0. The number of esters is 1. The molecule has 9 heteroatoms. The molecular formula is C31H26ClNO7. The van der Waals surface area contributed by atoms with Gasteiger partial charge in [-0.25, -0.2) is 4.79 Å². The molecule has 0 spiro atoms. The number of carbonyl (C=O) groups is 2. The maximum absolute atomic E-state index is 13.5. The summed E-state index contributed by atoms with van der Waals surface area (Å²) < 4.78 is 16.2. The number of nitrogens with zero attached hydrogens (tertiary/aromatic N) is 1. The number of furan rings is 2. The van der Waals surface area contributed by atoms with Crippen molar-refractivity contribution in [1.82, 2.24) is 5.06 Å². The van der Waals surface area contributed by atoms with E-state index in [4.69, 9.17) is 30.0 Å². The summed E-state index contributed by atoms with van der Waals surface area (Å²) in [6, 6.07) is 20.2. The molecule has 0 radical (unpaired) electrons. The predicted octanol–water partition coefficient (Wildman–Crippen LogP) is 6.72. The van der Waals surface area contributed by atoms with Crippen LogP contribution in [0.3, 0.4) is 0 Å². The Balaban J connectivity index is 1.46. The molecule has 0 aliphatic rings. The Morgan fingerprint density at radius 3 is 2.38 bits per heavy atom. The first-order chi connectivity index (χ1) is 19.3. The largest absolute Gasteiger partial charge is 0.508 e. The molecule has 0 saturated heterocycles. The first kappa shape index (κ1) is 27.1. The Bertz CT molecular complexity index is 1620. The van der Waals surface area contributed by atoms with E-state index in [0.29, 0.717) is 21.7 Å². The average molecular weight is 560 g/mol. The van der Waals surface area contributed by atoms with Crippen molar-refractivity contribution in [2.45, 2.75) is 25.9 Å². The highest BCUT2D eigenvalue weighted by molar-refractivity contribution is 6.30. The lowest BCUT2D eigenvalue weighted by Gasteiger charge is -2.27. The predicted molar refractivity (Wildman–Crippen MR) is 149 cm³/mol. The lowest BCUT2D eigenvalue weighted by atomic mass is 10.0. The van der Waals surface area contributed by atoms with Crippen molar-refractivity contribution in [3.8, 4) is 16.9 Å². The zero-order valence-electron chi connectivity index (χ0n) is 21.8. The maximum Gasteiger partial charge on any atom is 0.393 e. The smallest absolute Gasteiger partial charge is 0.393 e. The van der Waals surface area contributed by atoms with Crippen LogP contribution in [0.5, 0.6) is 5.75 Å². The monoisotopic (exact) mass is 559 g/mol. The SMILES string of the molecule is COC(=O)[C@H](Cc1ccc(O)cc1)N(Cc1ccoc1)OC(=O)c1oc2ccc(-c3ccc(Cl)cc3)cc2c1C. The zero-order valence-corrected chi connectivity index (χ0v) is 22.6. The Labute approximate surface area is 235 Å². The van der Waals surface area contributed by atoms with Crippen LogP contribution in [-0.4, -0.2) is 35.3 Å². The van der Waals surface area contributed by atoms with E-state index < -0.39 is 18.0 Å². The number of hydrogen-bond donors (Lipinski definition) is 1. The van der Waals surface area contributed by atoms with Crippen LogP contribution in [0.1, 0.15) is 27.2 Å². The summed E-state index contributed by atoms with van der Waals surface area (Å²) >= 11 is 6.03. The van der Waals surface area contributed by atoms with Crippen molar-refractivity contribution in [1.29, 1.82) is 0 Å². The third-order valence-corrected chi connectivity index (χ3v) is 6.86. The average Bonchev–Trinajstić information content (AvgIpc) is 3.60. The van der Waals surface area contributed by atoms with E-state index in [0.717, 1.165) is 22.1 Å². The third-order valence-electron chi connectivity index (χ3n) is 6.60. The van der Waals surface area contributed by atoms with Crippen LogP contribution in [0.4, 0.5) is 0 Å². The van der Waals surface area contributed by atoms with Gasteiger partial charge in [0.1, 0.15) is 17.4 Å². The summed E-state index contributed by atoms with van der Waals surface area (Å²) in [5, 5.41) is 12.3. The zero-order chi connectivity index (χ0) is 28.2. The van der Waals surface area contributed by atoms with Gasteiger partial charge in [0.05, 0.1) is 26.2 Å². The molecule has 0 bridgehead atoms. The Kier molecular flexibility index (Phi) is 7.91. The summed E-state index contributed by atoms with van der Waals surface area (Å²) in [5.74, 6) is -1.24. The van der Waals surface area contributed by atoms with E-state index in [1.165, 1.54) is 36.8 Å². The fraction of sp³-hybridized carbons (Fsp3) is 0.161. The molecule has 1 atom stereocenters. The van der Waals surface area contributed by atoms with Gasteiger partial charge in [0.15, 0.2) is 0 Å². The molecule has 5 aromatic rings. The maximum atomic E-state index is 13.5. The number of hydroxylamine groups is 2. The van der Waals surface area contributed by atoms with Crippen molar-refractivity contribution >= 4 is 34.5 Å². The highest BCUT2D eigenvalue weighted by atomic mass is 35.5. The molecule has 2 aromatic heterocycles. The van der Waals surface area contributed by atoms with Gasteiger partial charge in [-0.1, -0.05) is 41.9 Å². The number of fused-ring (bicyclic) bond motifs is 1. The minimum absolute atomic E-state index is 0.0219. The number of ether oxygens (including phenoxy) is 1. The topological polar surface area (TPSA) is 102 Å². The summed E-state index contributed by atoms with van der Waals surface area (Å²) in [4.78, 5) is 32.2. The van der Waals surface area contributed by atoms with Gasteiger partial charge in [0, 0.05) is 28.0 Å². The number of halogens is 1. The molecule has 0 fully saturated rings. The molecule has 204 valence electrons. The number of carbonyl (C=O) groups excluding carboxylic acids is 2. The first-order valence-corrected chi connectivity index (χ1v) is 12.8. The highest BCUT2D eigenvalue weighted by Gasteiger charge is 2.33. The molecule has 0 amide bonds. The summed E-state index contributed by atoms with van der Waals surface area (Å²) in [6.07, 6.45) is 3.15. The Hall–Kier alpha value is -4.53. The summed E-state index contributed by atoms with van der Waals surface area (Å²) in [7, 11) is 1.27. The second-order valence-electron chi connectivity index (χ2n) is 9.27. The van der Waals surface area contributed by atoms with Gasteiger partial charge in [-0.05, 0) is 66.1 Å². The summed E-state index contributed by atoms with van der Waals surface area (Å²) in [5.41, 5.74) is 4.45. The van der Waals surface area contributed by atoms with Crippen LogP contribution in [0, 0.1) is 6.92 Å². The third kappa shape index (κ3) is 5.88. The van der Waals surface area contributed by atoms with Crippen molar-refractivity contribution < 1.29 is 33.1 Å². The number of benzene rings is 3. The van der Waals surface area contributed by atoms with Crippen molar-refractivity contribution in [2.24, 2.45) is 0 Å². The minimum Gasteiger partial charge on any atom is -0.508 e. The molecule has 5 rings (SSSR count). The summed E-state index contributed by atoms with van der Waals surface area (Å²) in [6.45, 7) is 1.84. The van der Waals surface area contributed by atoms with Crippen LogP contribution in [-0.2, 0) is 27.3 Å². The van der Waals surface area contributed by atoms with Gasteiger partial charge in [-0.3, -0.25) is 4.79 Å². The lowest BCUT2D eigenvalue weighted by molar-refractivity contribution is -0.178. The van der Waals surface area contributed by atoms with Gasteiger partial charge in [-0.2, -0.15) is 0 Å². The molecule has 0 aliphatic heterocycles. The van der Waals surface area contributed by atoms with Crippen LogP contribution in [0.25, 0.3) is 22.1 Å². The molecular weight excluding hydrogens is 534 g/mol. The van der Waals surface area contributed by atoms with Gasteiger partial charge in [-0.15, -0.1) is 5.06 Å². The van der Waals surface area contributed by atoms with Gasteiger partial charge < -0.3 is 23.5 Å². The standard InChI is InChI=1S/C31H26ClNO7/c1-19-26-16-23(22-5-8-24(32)9-6-22)7-12-28(26)39-29(19)31(36)40-33(17-21-13-14-38-18-21)27(30(35)37-2)15-20-3-10-25(34)11-4-20/h3-14,16,18,27,34H,15,17H2,1-2H3/t27-/m0/s1. The number of rotatable bonds is 9. The molecule has 2 heterocycles. The Morgan fingerprint density at radius 1 is 0.975 bits per heavy atom. The quantitative estimate of drug-likeness (QED) is 0.157. The van der Waals surface area contributed by atoms with Crippen molar-refractivity contribution in [3.63, 3.8) is 0 Å². The molecule has 0 aliphatic carbocycles. The number of phenolic OH excluding ortho intramolecular Hbond substituents is 1. The highest BCUT2D eigenvalue weighted by Crippen LogP contribution is 2.31. The molecule has 1 N–H and O–H groups in total. The number of hydrogen-bond acceptors (Lipinski definition) is 8. The molecule has 3 aromatic carbocycles. The number of aromatic hydroxyl groups is 1. The first-order valence-electron chi connectivity index (χ1n) is 12.5. The van der Waals surface area contributed by atoms with E-state index in [9.17, 15) is 14.7 Å². The van der Waals surface area contributed by atoms with Crippen molar-refractivity contribution in [2.75, 3.05) is 7.11 Å². The molecule has 8 nitrogen and oxygen atoms in total. The lowest BCUT2D eigenvalue weighted by Crippen LogP contribution is -2.44.